The first-order chi connectivity index (χ1) is 9.52. The highest BCUT2D eigenvalue weighted by atomic mass is 35.5. The lowest BCUT2D eigenvalue weighted by Crippen LogP contribution is -2.11. The molecule has 0 fully saturated rings. The van der Waals surface area contributed by atoms with Gasteiger partial charge < -0.3 is 10.5 Å². The van der Waals surface area contributed by atoms with Crippen molar-refractivity contribution in [2.24, 2.45) is 5.73 Å². The molecule has 2 rings (SSSR count). The Balaban J connectivity index is 2.40. The van der Waals surface area contributed by atoms with Crippen LogP contribution in [-0.2, 0) is 6.42 Å². The van der Waals surface area contributed by atoms with Crippen LogP contribution in [0, 0.1) is 0 Å². The summed E-state index contributed by atoms with van der Waals surface area (Å²) in [6.45, 7) is 2.03. The maximum absolute atomic E-state index is 6.11. The second kappa shape index (κ2) is 6.44. The Morgan fingerprint density at radius 3 is 2.60 bits per heavy atom. The number of benzene rings is 2. The summed E-state index contributed by atoms with van der Waals surface area (Å²) >= 11 is 17.2. The normalized spacial score (nSPS) is 10.3. The number of ether oxygens (including phenoxy) is 1. The van der Waals surface area contributed by atoms with Gasteiger partial charge in [-0.05, 0) is 42.3 Å². The molecule has 0 aliphatic carbocycles. The van der Waals surface area contributed by atoms with Crippen molar-refractivity contribution in [1.29, 1.82) is 0 Å². The molecule has 0 bridgehead atoms. The summed E-state index contributed by atoms with van der Waals surface area (Å²) in [6, 6.07) is 10.8. The van der Waals surface area contributed by atoms with Gasteiger partial charge in [-0.15, -0.1) is 0 Å². The standard InChI is InChI=1S/C15H13Cl2NOS/c1-2-9-8-10(6-7-11(9)16)19-13-5-3-4-12(17)14(13)15(18)20/h3-8H,2H2,1H3,(H2,18,20). The van der Waals surface area contributed by atoms with E-state index >= 15 is 0 Å². The summed E-state index contributed by atoms with van der Waals surface area (Å²) in [7, 11) is 0. The van der Waals surface area contributed by atoms with Crippen molar-refractivity contribution in [1.82, 2.24) is 0 Å². The van der Waals surface area contributed by atoms with E-state index < -0.39 is 0 Å². The third-order valence-corrected chi connectivity index (χ3v) is 3.74. The molecule has 0 radical (unpaired) electrons. The smallest absolute Gasteiger partial charge is 0.139 e. The molecule has 0 aliphatic heterocycles. The van der Waals surface area contributed by atoms with Gasteiger partial charge in [-0.2, -0.15) is 0 Å². The molecular formula is C15H13Cl2NOS. The van der Waals surface area contributed by atoms with Crippen LogP contribution in [-0.4, -0.2) is 4.99 Å². The first-order valence-corrected chi connectivity index (χ1v) is 7.24. The van der Waals surface area contributed by atoms with Crippen LogP contribution in [0.4, 0.5) is 0 Å². The Morgan fingerprint density at radius 2 is 1.95 bits per heavy atom. The summed E-state index contributed by atoms with van der Waals surface area (Å²) in [6.07, 6.45) is 0.827. The third kappa shape index (κ3) is 3.23. The lowest BCUT2D eigenvalue weighted by Gasteiger charge is -2.12. The molecule has 2 nitrogen and oxygen atoms in total. The number of hydrogen-bond acceptors (Lipinski definition) is 2. The first kappa shape index (κ1) is 15.1. The monoisotopic (exact) mass is 325 g/mol. The van der Waals surface area contributed by atoms with E-state index in [4.69, 9.17) is 45.9 Å². The van der Waals surface area contributed by atoms with Crippen LogP contribution in [0.15, 0.2) is 36.4 Å². The minimum Gasteiger partial charge on any atom is -0.457 e. The minimum absolute atomic E-state index is 0.204. The molecule has 2 aromatic carbocycles. The van der Waals surface area contributed by atoms with Gasteiger partial charge in [0.15, 0.2) is 0 Å². The van der Waals surface area contributed by atoms with Crippen molar-refractivity contribution >= 4 is 40.4 Å². The lowest BCUT2D eigenvalue weighted by atomic mass is 10.1. The van der Waals surface area contributed by atoms with Crippen molar-refractivity contribution < 1.29 is 4.74 Å². The van der Waals surface area contributed by atoms with Gasteiger partial charge in [0.2, 0.25) is 0 Å². The molecule has 104 valence electrons. The zero-order valence-corrected chi connectivity index (χ0v) is 13.1. The Bertz CT molecular complexity index is 658. The molecule has 5 heteroatoms. The Labute approximate surface area is 133 Å². The first-order valence-electron chi connectivity index (χ1n) is 6.07. The SMILES string of the molecule is CCc1cc(Oc2cccc(Cl)c2C(N)=S)ccc1Cl. The van der Waals surface area contributed by atoms with Gasteiger partial charge in [-0.25, -0.2) is 0 Å². The van der Waals surface area contributed by atoms with Crippen LogP contribution in [0.25, 0.3) is 0 Å². The molecule has 0 amide bonds. The van der Waals surface area contributed by atoms with E-state index in [0.29, 0.717) is 22.1 Å². The van der Waals surface area contributed by atoms with Crippen molar-refractivity contribution in [2.75, 3.05) is 0 Å². The summed E-state index contributed by atoms with van der Waals surface area (Å²) < 4.78 is 5.84. The van der Waals surface area contributed by atoms with E-state index in [1.807, 2.05) is 13.0 Å². The van der Waals surface area contributed by atoms with Crippen LogP contribution in [0.5, 0.6) is 11.5 Å². The quantitative estimate of drug-likeness (QED) is 0.805. The van der Waals surface area contributed by atoms with Crippen molar-refractivity contribution in [2.45, 2.75) is 13.3 Å². The molecule has 0 saturated heterocycles. The molecule has 2 aromatic rings. The molecule has 0 unspecified atom stereocenters. The Hall–Kier alpha value is -1.29. The number of thiocarbonyl (C=S) groups is 1. The maximum Gasteiger partial charge on any atom is 0.139 e. The number of halogens is 2. The molecule has 0 heterocycles. The largest absolute Gasteiger partial charge is 0.457 e. The fourth-order valence-corrected chi connectivity index (χ4v) is 2.63. The van der Waals surface area contributed by atoms with E-state index in [9.17, 15) is 0 Å². The zero-order valence-electron chi connectivity index (χ0n) is 10.8. The van der Waals surface area contributed by atoms with Crippen LogP contribution in [0.2, 0.25) is 10.0 Å². The highest BCUT2D eigenvalue weighted by Gasteiger charge is 2.12. The van der Waals surface area contributed by atoms with E-state index in [0.717, 1.165) is 17.0 Å². The number of aryl methyl sites for hydroxylation is 1. The number of rotatable bonds is 4. The summed E-state index contributed by atoms with van der Waals surface area (Å²) in [5.74, 6) is 1.21. The summed E-state index contributed by atoms with van der Waals surface area (Å²) in [5, 5.41) is 1.19. The minimum atomic E-state index is 0.204. The highest BCUT2D eigenvalue weighted by Crippen LogP contribution is 2.32. The average Bonchev–Trinajstić information content (AvgIpc) is 2.40. The van der Waals surface area contributed by atoms with E-state index in [-0.39, 0.29) is 4.99 Å². The van der Waals surface area contributed by atoms with Crippen molar-refractivity contribution in [3.05, 3.63) is 57.6 Å². The second-order valence-corrected chi connectivity index (χ2v) is 5.44. The van der Waals surface area contributed by atoms with Crippen LogP contribution >= 0.6 is 35.4 Å². The highest BCUT2D eigenvalue weighted by molar-refractivity contribution is 7.80. The summed E-state index contributed by atoms with van der Waals surface area (Å²) in [4.78, 5) is 0.204. The van der Waals surface area contributed by atoms with Crippen LogP contribution < -0.4 is 10.5 Å². The molecule has 0 aromatic heterocycles. The molecule has 0 atom stereocenters. The fourth-order valence-electron chi connectivity index (χ4n) is 1.84. The van der Waals surface area contributed by atoms with Gasteiger partial charge in [-0.1, -0.05) is 48.4 Å². The van der Waals surface area contributed by atoms with Gasteiger partial charge in [0.25, 0.3) is 0 Å². The molecule has 0 aliphatic rings. The van der Waals surface area contributed by atoms with Gasteiger partial charge >= 0.3 is 0 Å². The van der Waals surface area contributed by atoms with Crippen molar-refractivity contribution in [3.63, 3.8) is 0 Å². The fraction of sp³-hybridized carbons (Fsp3) is 0.133. The molecule has 20 heavy (non-hydrogen) atoms. The van der Waals surface area contributed by atoms with Gasteiger partial charge in [0.1, 0.15) is 16.5 Å². The number of hydrogen-bond donors (Lipinski definition) is 1. The molecule has 0 spiro atoms. The molecular weight excluding hydrogens is 313 g/mol. The second-order valence-electron chi connectivity index (χ2n) is 4.19. The Kier molecular flexibility index (Phi) is 4.86. The van der Waals surface area contributed by atoms with Crippen LogP contribution in [0.1, 0.15) is 18.1 Å². The van der Waals surface area contributed by atoms with E-state index in [1.165, 1.54) is 0 Å². The van der Waals surface area contributed by atoms with Crippen LogP contribution in [0.3, 0.4) is 0 Å². The van der Waals surface area contributed by atoms with E-state index in [1.54, 1.807) is 30.3 Å². The predicted molar refractivity (Wildman–Crippen MR) is 88.2 cm³/mol. The topological polar surface area (TPSA) is 35.2 Å². The lowest BCUT2D eigenvalue weighted by molar-refractivity contribution is 0.481. The number of nitrogens with two attached hydrogens (primary N) is 1. The zero-order chi connectivity index (χ0) is 14.7. The van der Waals surface area contributed by atoms with E-state index in [2.05, 4.69) is 0 Å². The molecule has 2 N–H and O–H groups in total. The predicted octanol–water partition coefficient (Wildman–Crippen LogP) is 4.98. The third-order valence-electron chi connectivity index (χ3n) is 2.85. The van der Waals surface area contributed by atoms with Gasteiger partial charge in [-0.3, -0.25) is 0 Å². The molecule has 0 saturated carbocycles. The van der Waals surface area contributed by atoms with Crippen molar-refractivity contribution in [3.8, 4) is 11.5 Å². The van der Waals surface area contributed by atoms with Gasteiger partial charge in [0, 0.05) is 5.02 Å². The Morgan fingerprint density at radius 1 is 1.20 bits per heavy atom. The summed E-state index contributed by atoms with van der Waals surface area (Å²) in [5.41, 5.74) is 7.25. The van der Waals surface area contributed by atoms with Gasteiger partial charge in [0.05, 0.1) is 10.6 Å². The average molecular weight is 326 g/mol. The maximum atomic E-state index is 6.11.